The van der Waals surface area contributed by atoms with Gasteiger partial charge in [-0.1, -0.05) is 37.6 Å². The Bertz CT molecular complexity index is 919. The van der Waals surface area contributed by atoms with E-state index >= 15 is 0 Å². The summed E-state index contributed by atoms with van der Waals surface area (Å²) in [4.78, 5) is 27.8. The maximum absolute atomic E-state index is 13.3. The molecule has 6 nitrogen and oxygen atoms in total. The number of halogens is 1. The Morgan fingerprint density at radius 2 is 1.84 bits per heavy atom. The first-order chi connectivity index (χ1) is 15.3. The van der Waals surface area contributed by atoms with Gasteiger partial charge >= 0.3 is 0 Å². The number of carbonyl (C=O) groups excluding carboxylic acids is 2. The highest BCUT2D eigenvalue weighted by Crippen LogP contribution is 2.22. The maximum Gasteiger partial charge on any atom is 0.261 e. The lowest BCUT2D eigenvalue weighted by atomic mass is 10.1. The molecule has 0 fully saturated rings. The minimum atomic E-state index is -0.613. The van der Waals surface area contributed by atoms with Crippen molar-refractivity contribution in [3.63, 3.8) is 0 Å². The summed E-state index contributed by atoms with van der Waals surface area (Å²) in [5, 5.41) is 3.63. The van der Waals surface area contributed by atoms with E-state index in [0.717, 1.165) is 17.5 Å². The van der Waals surface area contributed by atoms with E-state index in [1.165, 1.54) is 0 Å². The molecule has 0 aromatic heterocycles. The number of carbonyl (C=O) groups is 2. The number of rotatable bonds is 11. The summed E-state index contributed by atoms with van der Waals surface area (Å²) in [6.07, 6.45) is 1.29. The van der Waals surface area contributed by atoms with Crippen LogP contribution in [0, 0.1) is 6.92 Å². The molecule has 0 heterocycles. The van der Waals surface area contributed by atoms with Crippen molar-refractivity contribution in [3.8, 4) is 11.5 Å². The van der Waals surface area contributed by atoms with Crippen molar-refractivity contribution in [2.75, 3.05) is 13.7 Å². The standard InChI is InChI=1S/C25H33ClN2O4/c1-6-18(4)27-25(30)23(7-2)28(15-19-9-8-10-20(14-19)31-5)24(29)16-32-21-11-12-22(26)17(3)13-21/h8-14,18,23H,6-7,15-16H2,1-5H3,(H,27,30)/t18-,23-/m0/s1. The van der Waals surface area contributed by atoms with Gasteiger partial charge in [-0.05, 0) is 68.1 Å². The van der Waals surface area contributed by atoms with Crippen LogP contribution in [0.15, 0.2) is 42.5 Å². The molecule has 2 atom stereocenters. The summed E-state index contributed by atoms with van der Waals surface area (Å²) in [5.41, 5.74) is 1.74. The van der Waals surface area contributed by atoms with Crippen molar-refractivity contribution in [1.82, 2.24) is 10.2 Å². The molecule has 0 spiro atoms. The first-order valence-corrected chi connectivity index (χ1v) is 11.3. The van der Waals surface area contributed by atoms with Crippen LogP contribution in [-0.2, 0) is 16.1 Å². The predicted octanol–water partition coefficient (Wildman–Crippen LogP) is 4.76. The SMILES string of the molecule is CC[C@H](C)NC(=O)[C@H](CC)N(Cc1cccc(OC)c1)C(=O)COc1ccc(Cl)c(C)c1. The minimum Gasteiger partial charge on any atom is -0.497 e. The van der Waals surface area contributed by atoms with Gasteiger partial charge in [0.15, 0.2) is 6.61 Å². The molecule has 32 heavy (non-hydrogen) atoms. The van der Waals surface area contributed by atoms with Crippen molar-refractivity contribution in [1.29, 1.82) is 0 Å². The number of hydrogen-bond acceptors (Lipinski definition) is 4. The molecule has 2 amide bonds. The van der Waals surface area contributed by atoms with E-state index in [4.69, 9.17) is 21.1 Å². The predicted molar refractivity (Wildman–Crippen MR) is 127 cm³/mol. The van der Waals surface area contributed by atoms with Crippen LogP contribution in [0.5, 0.6) is 11.5 Å². The summed E-state index contributed by atoms with van der Waals surface area (Å²) in [7, 11) is 1.60. The smallest absolute Gasteiger partial charge is 0.261 e. The number of nitrogens with one attached hydrogen (secondary N) is 1. The Hall–Kier alpha value is -2.73. The van der Waals surface area contributed by atoms with Crippen LogP contribution in [0.4, 0.5) is 0 Å². The molecular weight excluding hydrogens is 428 g/mol. The zero-order valence-corrected chi connectivity index (χ0v) is 20.2. The minimum absolute atomic E-state index is 0.0265. The molecule has 174 valence electrons. The van der Waals surface area contributed by atoms with E-state index in [2.05, 4.69) is 5.32 Å². The number of methoxy groups -OCH3 is 1. The van der Waals surface area contributed by atoms with Crippen LogP contribution in [0.2, 0.25) is 5.02 Å². The summed E-state index contributed by atoms with van der Waals surface area (Å²) >= 11 is 6.07. The van der Waals surface area contributed by atoms with Gasteiger partial charge in [0.25, 0.3) is 5.91 Å². The Labute approximate surface area is 195 Å². The molecule has 1 N–H and O–H groups in total. The van der Waals surface area contributed by atoms with E-state index in [0.29, 0.717) is 22.9 Å². The average Bonchev–Trinajstić information content (AvgIpc) is 2.79. The highest BCUT2D eigenvalue weighted by Gasteiger charge is 2.29. The fourth-order valence-electron chi connectivity index (χ4n) is 3.26. The van der Waals surface area contributed by atoms with Crippen LogP contribution in [0.1, 0.15) is 44.7 Å². The third-order valence-electron chi connectivity index (χ3n) is 5.37. The van der Waals surface area contributed by atoms with Crippen LogP contribution < -0.4 is 14.8 Å². The summed E-state index contributed by atoms with van der Waals surface area (Å²) in [5.74, 6) is 0.811. The van der Waals surface area contributed by atoms with Crippen LogP contribution in [0.3, 0.4) is 0 Å². The van der Waals surface area contributed by atoms with Gasteiger partial charge in [-0.2, -0.15) is 0 Å². The molecule has 2 rings (SSSR count). The molecule has 0 bridgehead atoms. The lowest BCUT2D eigenvalue weighted by Crippen LogP contribution is -2.51. The van der Waals surface area contributed by atoms with Gasteiger partial charge in [-0.15, -0.1) is 0 Å². The second-order valence-corrected chi connectivity index (χ2v) is 8.22. The summed E-state index contributed by atoms with van der Waals surface area (Å²) in [6, 6.07) is 12.1. The number of ether oxygens (including phenoxy) is 2. The molecule has 0 saturated carbocycles. The molecule has 0 aliphatic heterocycles. The van der Waals surface area contributed by atoms with Gasteiger partial charge in [-0.3, -0.25) is 9.59 Å². The second-order valence-electron chi connectivity index (χ2n) is 7.81. The molecule has 2 aromatic carbocycles. The Morgan fingerprint density at radius 1 is 1.09 bits per heavy atom. The second kappa shape index (κ2) is 12.3. The number of nitrogens with zero attached hydrogens (tertiary/aromatic N) is 1. The highest BCUT2D eigenvalue weighted by atomic mass is 35.5. The van der Waals surface area contributed by atoms with Gasteiger partial charge in [0.2, 0.25) is 5.91 Å². The number of benzene rings is 2. The summed E-state index contributed by atoms with van der Waals surface area (Å²) in [6.45, 7) is 7.82. The van der Waals surface area contributed by atoms with E-state index in [9.17, 15) is 9.59 Å². The van der Waals surface area contributed by atoms with Gasteiger partial charge in [0, 0.05) is 17.6 Å². The zero-order chi connectivity index (χ0) is 23.7. The fraction of sp³-hybridized carbons (Fsp3) is 0.440. The van der Waals surface area contributed by atoms with Crippen molar-refractivity contribution in [3.05, 3.63) is 58.6 Å². The maximum atomic E-state index is 13.3. The largest absolute Gasteiger partial charge is 0.497 e. The first kappa shape index (κ1) is 25.5. The molecule has 0 radical (unpaired) electrons. The fourth-order valence-corrected chi connectivity index (χ4v) is 3.38. The molecular formula is C25H33ClN2O4. The average molecular weight is 461 g/mol. The van der Waals surface area contributed by atoms with Crippen molar-refractivity contribution in [2.45, 2.75) is 59.2 Å². The lowest BCUT2D eigenvalue weighted by molar-refractivity contribution is -0.143. The monoisotopic (exact) mass is 460 g/mol. The number of hydrogen-bond donors (Lipinski definition) is 1. The Balaban J connectivity index is 2.24. The molecule has 0 saturated heterocycles. The van der Waals surface area contributed by atoms with Crippen molar-refractivity contribution in [2.24, 2.45) is 0 Å². The van der Waals surface area contributed by atoms with Gasteiger partial charge in [0.1, 0.15) is 17.5 Å². The molecule has 0 aliphatic rings. The first-order valence-electron chi connectivity index (χ1n) is 10.9. The third kappa shape index (κ3) is 7.16. The normalized spacial score (nSPS) is 12.6. The van der Waals surface area contributed by atoms with Gasteiger partial charge in [-0.25, -0.2) is 0 Å². The molecule has 0 unspecified atom stereocenters. The third-order valence-corrected chi connectivity index (χ3v) is 5.79. The van der Waals surface area contributed by atoms with Crippen LogP contribution >= 0.6 is 11.6 Å². The van der Waals surface area contributed by atoms with E-state index in [1.54, 1.807) is 30.2 Å². The van der Waals surface area contributed by atoms with E-state index in [-0.39, 0.29) is 31.0 Å². The molecule has 2 aromatic rings. The lowest BCUT2D eigenvalue weighted by Gasteiger charge is -2.31. The molecule has 7 heteroatoms. The van der Waals surface area contributed by atoms with Crippen LogP contribution in [-0.4, -0.2) is 42.5 Å². The van der Waals surface area contributed by atoms with Crippen molar-refractivity contribution >= 4 is 23.4 Å². The van der Waals surface area contributed by atoms with Crippen LogP contribution in [0.25, 0.3) is 0 Å². The highest BCUT2D eigenvalue weighted by molar-refractivity contribution is 6.31. The van der Waals surface area contributed by atoms with E-state index in [1.807, 2.05) is 52.0 Å². The summed E-state index contributed by atoms with van der Waals surface area (Å²) < 4.78 is 11.0. The topological polar surface area (TPSA) is 67.9 Å². The zero-order valence-electron chi connectivity index (χ0n) is 19.5. The quantitative estimate of drug-likeness (QED) is 0.525. The van der Waals surface area contributed by atoms with Gasteiger partial charge < -0.3 is 19.7 Å². The molecule has 0 aliphatic carbocycles. The number of amides is 2. The number of aryl methyl sites for hydroxylation is 1. The Morgan fingerprint density at radius 3 is 2.47 bits per heavy atom. The Kier molecular flexibility index (Phi) is 9.85. The van der Waals surface area contributed by atoms with E-state index < -0.39 is 6.04 Å². The van der Waals surface area contributed by atoms with Gasteiger partial charge in [0.05, 0.1) is 7.11 Å². The van der Waals surface area contributed by atoms with Crippen molar-refractivity contribution < 1.29 is 19.1 Å².